The molecule has 0 radical (unpaired) electrons. The summed E-state index contributed by atoms with van der Waals surface area (Å²) in [4.78, 5) is 0. The van der Waals surface area contributed by atoms with Crippen LogP contribution < -0.4 is 0 Å². The van der Waals surface area contributed by atoms with Crippen molar-refractivity contribution in [3.63, 3.8) is 0 Å². The zero-order valence-corrected chi connectivity index (χ0v) is 11.1. The SMILES string of the molecule is CC1(C)C2C=C(CCOCC3COC3)CC1C2. The summed E-state index contributed by atoms with van der Waals surface area (Å²) in [6.07, 6.45) is 6.43. The first-order chi connectivity index (χ1) is 8.16. The van der Waals surface area contributed by atoms with E-state index in [0.29, 0.717) is 11.3 Å². The summed E-state index contributed by atoms with van der Waals surface area (Å²) in [5, 5.41) is 0. The van der Waals surface area contributed by atoms with Crippen LogP contribution in [0.3, 0.4) is 0 Å². The van der Waals surface area contributed by atoms with Crippen LogP contribution in [0.5, 0.6) is 0 Å². The predicted molar refractivity (Wildman–Crippen MR) is 67.8 cm³/mol. The van der Waals surface area contributed by atoms with Gasteiger partial charge >= 0.3 is 0 Å². The van der Waals surface area contributed by atoms with Crippen LogP contribution in [0.15, 0.2) is 11.6 Å². The van der Waals surface area contributed by atoms with Crippen LogP contribution in [0, 0.1) is 23.2 Å². The fourth-order valence-electron chi connectivity index (χ4n) is 3.37. The van der Waals surface area contributed by atoms with E-state index >= 15 is 0 Å². The van der Waals surface area contributed by atoms with Crippen LogP contribution in [0.2, 0.25) is 0 Å². The minimum absolute atomic E-state index is 0.577. The summed E-state index contributed by atoms with van der Waals surface area (Å²) >= 11 is 0. The molecule has 2 heteroatoms. The molecule has 0 aromatic heterocycles. The van der Waals surface area contributed by atoms with Gasteiger partial charge < -0.3 is 9.47 Å². The van der Waals surface area contributed by atoms with Crippen molar-refractivity contribution in [2.45, 2.75) is 33.1 Å². The molecule has 1 saturated carbocycles. The summed E-state index contributed by atoms with van der Waals surface area (Å²) in [5.74, 6) is 2.45. The largest absolute Gasteiger partial charge is 0.381 e. The van der Waals surface area contributed by atoms with Crippen LogP contribution in [-0.2, 0) is 9.47 Å². The molecular weight excluding hydrogens is 212 g/mol. The van der Waals surface area contributed by atoms with E-state index in [-0.39, 0.29) is 0 Å². The number of fused-ring (bicyclic) bond motifs is 1. The van der Waals surface area contributed by atoms with Crippen LogP contribution in [0.1, 0.15) is 33.1 Å². The second kappa shape index (κ2) is 4.40. The zero-order valence-electron chi connectivity index (χ0n) is 11.1. The van der Waals surface area contributed by atoms with Gasteiger partial charge in [0.05, 0.1) is 26.4 Å². The molecule has 17 heavy (non-hydrogen) atoms. The lowest BCUT2D eigenvalue weighted by atomic mass is 9.50. The van der Waals surface area contributed by atoms with Gasteiger partial charge in [0, 0.05) is 5.92 Å². The Balaban J connectivity index is 1.38. The van der Waals surface area contributed by atoms with E-state index in [4.69, 9.17) is 9.47 Å². The third-order valence-corrected chi connectivity index (χ3v) is 5.12. The van der Waals surface area contributed by atoms with Crippen molar-refractivity contribution in [3.05, 3.63) is 11.6 Å². The summed E-state index contributed by atoms with van der Waals surface area (Å²) in [6, 6.07) is 0. The number of hydrogen-bond acceptors (Lipinski definition) is 2. The first-order valence-corrected chi connectivity index (χ1v) is 7.01. The van der Waals surface area contributed by atoms with Gasteiger partial charge in [-0.25, -0.2) is 0 Å². The molecule has 2 fully saturated rings. The third-order valence-electron chi connectivity index (χ3n) is 5.12. The summed E-state index contributed by atoms with van der Waals surface area (Å²) < 4.78 is 10.9. The second-order valence-electron chi connectivity index (χ2n) is 6.62. The molecule has 2 unspecified atom stereocenters. The van der Waals surface area contributed by atoms with Crippen molar-refractivity contribution in [2.24, 2.45) is 23.2 Å². The average molecular weight is 236 g/mol. The summed E-state index contributed by atoms with van der Waals surface area (Å²) in [5.41, 5.74) is 2.23. The molecule has 3 aliphatic carbocycles. The van der Waals surface area contributed by atoms with Crippen LogP contribution in [0.25, 0.3) is 0 Å². The van der Waals surface area contributed by atoms with Crippen molar-refractivity contribution in [1.29, 1.82) is 0 Å². The van der Waals surface area contributed by atoms with Gasteiger partial charge in [-0.15, -0.1) is 0 Å². The Labute approximate surface area is 104 Å². The van der Waals surface area contributed by atoms with Crippen molar-refractivity contribution in [2.75, 3.05) is 26.4 Å². The molecule has 2 atom stereocenters. The Morgan fingerprint density at radius 1 is 1.41 bits per heavy atom. The van der Waals surface area contributed by atoms with Gasteiger partial charge in [0.1, 0.15) is 0 Å². The van der Waals surface area contributed by atoms with Crippen molar-refractivity contribution in [3.8, 4) is 0 Å². The molecule has 0 spiro atoms. The monoisotopic (exact) mass is 236 g/mol. The highest BCUT2D eigenvalue weighted by molar-refractivity contribution is 5.21. The lowest BCUT2D eigenvalue weighted by Gasteiger charge is -2.55. The minimum atomic E-state index is 0.577. The maximum absolute atomic E-state index is 5.72. The van der Waals surface area contributed by atoms with Crippen molar-refractivity contribution >= 4 is 0 Å². The maximum atomic E-state index is 5.72. The van der Waals surface area contributed by atoms with Crippen molar-refractivity contribution < 1.29 is 9.47 Å². The van der Waals surface area contributed by atoms with Gasteiger partial charge in [-0.05, 0) is 36.5 Å². The van der Waals surface area contributed by atoms with Gasteiger partial charge in [-0.2, -0.15) is 0 Å². The molecule has 0 aromatic rings. The Hall–Kier alpha value is -0.340. The first kappa shape index (κ1) is 11.7. The zero-order chi connectivity index (χ0) is 11.9. The molecule has 4 aliphatic rings. The minimum Gasteiger partial charge on any atom is -0.381 e. The molecular formula is C15H24O2. The Morgan fingerprint density at radius 2 is 2.24 bits per heavy atom. The lowest BCUT2D eigenvalue weighted by Crippen LogP contribution is -2.46. The summed E-state index contributed by atoms with van der Waals surface area (Å²) in [7, 11) is 0. The number of hydrogen-bond donors (Lipinski definition) is 0. The molecule has 0 aromatic carbocycles. The number of allylic oxidation sites excluding steroid dienone is 1. The third kappa shape index (κ3) is 2.17. The fourth-order valence-corrected chi connectivity index (χ4v) is 3.37. The predicted octanol–water partition coefficient (Wildman–Crippen LogP) is 3.03. The van der Waals surface area contributed by atoms with Crippen LogP contribution >= 0.6 is 0 Å². The molecule has 1 saturated heterocycles. The molecule has 0 amide bonds. The Morgan fingerprint density at radius 3 is 2.76 bits per heavy atom. The van der Waals surface area contributed by atoms with E-state index in [9.17, 15) is 0 Å². The Bertz CT molecular complexity index is 315. The van der Waals surface area contributed by atoms with E-state index in [1.807, 2.05) is 0 Å². The van der Waals surface area contributed by atoms with Gasteiger partial charge in [0.15, 0.2) is 0 Å². The van der Waals surface area contributed by atoms with Gasteiger partial charge in [-0.1, -0.05) is 25.5 Å². The number of ether oxygens (including phenoxy) is 2. The van der Waals surface area contributed by atoms with Gasteiger partial charge in [0.25, 0.3) is 0 Å². The van der Waals surface area contributed by atoms with E-state index in [2.05, 4.69) is 19.9 Å². The molecule has 2 nitrogen and oxygen atoms in total. The second-order valence-corrected chi connectivity index (χ2v) is 6.62. The van der Waals surface area contributed by atoms with E-state index in [1.54, 1.807) is 5.57 Å². The summed E-state index contributed by atoms with van der Waals surface area (Å²) in [6.45, 7) is 8.45. The fraction of sp³-hybridized carbons (Fsp3) is 0.867. The molecule has 96 valence electrons. The Kier molecular flexibility index (Phi) is 3.04. The molecule has 1 heterocycles. The molecule has 4 rings (SSSR count). The molecule has 0 N–H and O–H groups in total. The van der Waals surface area contributed by atoms with E-state index < -0.39 is 0 Å². The number of rotatable bonds is 5. The molecule has 1 aliphatic heterocycles. The van der Waals surface area contributed by atoms with E-state index in [0.717, 1.165) is 44.7 Å². The standard InChI is InChI=1S/C15H24O2/c1-15(2)13-5-11(6-14(15)7-13)3-4-16-8-12-9-17-10-12/h5,12-14H,3-4,6-10H2,1-2H3. The smallest absolute Gasteiger partial charge is 0.0538 e. The van der Waals surface area contributed by atoms with Gasteiger partial charge in [0.2, 0.25) is 0 Å². The topological polar surface area (TPSA) is 18.5 Å². The van der Waals surface area contributed by atoms with Crippen LogP contribution in [0.4, 0.5) is 0 Å². The average Bonchev–Trinajstić information content (AvgIpc) is 2.26. The highest BCUT2D eigenvalue weighted by atomic mass is 16.5. The van der Waals surface area contributed by atoms with Crippen molar-refractivity contribution in [1.82, 2.24) is 0 Å². The maximum Gasteiger partial charge on any atom is 0.0538 e. The highest BCUT2D eigenvalue weighted by Gasteiger charge is 2.49. The highest BCUT2D eigenvalue weighted by Crippen LogP contribution is 2.58. The normalized spacial score (nSPS) is 34.8. The quantitative estimate of drug-likeness (QED) is 0.539. The lowest BCUT2D eigenvalue weighted by molar-refractivity contribution is -0.0715. The first-order valence-electron chi connectivity index (χ1n) is 7.01. The molecule has 2 bridgehead atoms. The van der Waals surface area contributed by atoms with Gasteiger partial charge in [-0.3, -0.25) is 0 Å². The van der Waals surface area contributed by atoms with Crippen LogP contribution in [-0.4, -0.2) is 26.4 Å². The van der Waals surface area contributed by atoms with E-state index in [1.165, 1.54) is 12.8 Å².